The Labute approximate surface area is 126 Å². The van der Waals surface area contributed by atoms with Crippen LogP contribution in [0, 0.1) is 0 Å². The van der Waals surface area contributed by atoms with Crippen molar-refractivity contribution < 1.29 is 18.0 Å². The SMILES string of the molecule is O=C(c1ccc(C(F)(F)F)cc1)N(CCCCl)C1CCC1. The number of benzene rings is 1. The number of nitrogens with zero attached hydrogens (tertiary/aromatic N) is 1. The summed E-state index contributed by atoms with van der Waals surface area (Å²) < 4.78 is 37.6. The Morgan fingerprint density at radius 1 is 1.24 bits per heavy atom. The van der Waals surface area contributed by atoms with Gasteiger partial charge in [-0.25, -0.2) is 0 Å². The quantitative estimate of drug-likeness (QED) is 0.740. The van der Waals surface area contributed by atoms with Crippen molar-refractivity contribution >= 4 is 17.5 Å². The molecule has 0 radical (unpaired) electrons. The minimum atomic E-state index is -4.38. The van der Waals surface area contributed by atoms with Gasteiger partial charge in [0, 0.05) is 24.0 Å². The third-order valence-corrected chi connectivity index (χ3v) is 4.04. The second-order valence-corrected chi connectivity index (χ2v) is 5.58. The Morgan fingerprint density at radius 2 is 1.86 bits per heavy atom. The van der Waals surface area contributed by atoms with Crippen LogP contribution in [0.4, 0.5) is 13.2 Å². The van der Waals surface area contributed by atoms with Crippen LogP contribution in [-0.2, 0) is 6.18 Å². The summed E-state index contributed by atoms with van der Waals surface area (Å²) in [6, 6.07) is 4.60. The first-order chi connectivity index (χ1) is 9.93. The third-order valence-electron chi connectivity index (χ3n) is 3.77. The van der Waals surface area contributed by atoms with Gasteiger partial charge < -0.3 is 4.90 Å². The molecule has 0 atom stereocenters. The molecule has 1 aliphatic rings. The number of amides is 1. The Balaban J connectivity index is 2.12. The van der Waals surface area contributed by atoms with Crippen molar-refractivity contribution in [2.75, 3.05) is 12.4 Å². The summed E-state index contributed by atoms with van der Waals surface area (Å²) in [6.07, 6.45) is -0.704. The summed E-state index contributed by atoms with van der Waals surface area (Å²) in [5.41, 5.74) is -0.445. The molecule has 0 heterocycles. The Kier molecular flexibility index (Phi) is 5.14. The van der Waals surface area contributed by atoms with Crippen molar-refractivity contribution in [3.8, 4) is 0 Å². The fraction of sp³-hybridized carbons (Fsp3) is 0.533. The maximum absolute atomic E-state index is 12.5. The predicted octanol–water partition coefficient (Wildman–Crippen LogP) is 4.33. The molecule has 0 bridgehead atoms. The van der Waals surface area contributed by atoms with Crippen molar-refractivity contribution in [1.82, 2.24) is 4.90 Å². The summed E-state index contributed by atoms with van der Waals surface area (Å²) in [7, 11) is 0. The van der Waals surface area contributed by atoms with E-state index < -0.39 is 11.7 Å². The molecule has 1 fully saturated rings. The molecule has 0 N–H and O–H groups in total. The van der Waals surface area contributed by atoms with E-state index >= 15 is 0 Å². The lowest BCUT2D eigenvalue weighted by atomic mass is 9.90. The number of rotatable bonds is 5. The molecular formula is C15H17ClF3NO. The van der Waals surface area contributed by atoms with E-state index in [1.165, 1.54) is 12.1 Å². The molecule has 0 aliphatic heterocycles. The molecule has 2 rings (SSSR count). The molecule has 2 nitrogen and oxygen atoms in total. The van der Waals surface area contributed by atoms with Gasteiger partial charge in [0.1, 0.15) is 0 Å². The van der Waals surface area contributed by atoms with Gasteiger partial charge in [-0.1, -0.05) is 0 Å². The number of carbonyl (C=O) groups is 1. The first kappa shape index (κ1) is 16.1. The van der Waals surface area contributed by atoms with Gasteiger partial charge in [-0.05, 0) is 49.9 Å². The van der Waals surface area contributed by atoms with Crippen LogP contribution in [0.1, 0.15) is 41.6 Å². The van der Waals surface area contributed by atoms with E-state index in [-0.39, 0.29) is 11.9 Å². The zero-order chi connectivity index (χ0) is 15.5. The molecule has 0 unspecified atom stereocenters. The normalized spacial score (nSPS) is 15.6. The summed E-state index contributed by atoms with van der Waals surface area (Å²) >= 11 is 5.67. The lowest BCUT2D eigenvalue weighted by molar-refractivity contribution is -0.137. The lowest BCUT2D eigenvalue weighted by Gasteiger charge is -2.37. The molecule has 1 aromatic carbocycles. The van der Waals surface area contributed by atoms with Crippen LogP contribution in [0.5, 0.6) is 0 Å². The van der Waals surface area contributed by atoms with Crippen LogP contribution < -0.4 is 0 Å². The van der Waals surface area contributed by atoms with E-state index in [0.717, 1.165) is 31.4 Å². The maximum Gasteiger partial charge on any atom is 0.416 e. The molecule has 1 amide bonds. The van der Waals surface area contributed by atoms with E-state index in [2.05, 4.69) is 0 Å². The van der Waals surface area contributed by atoms with E-state index in [1.807, 2.05) is 0 Å². The fourth-order valence-corrected chi connectivity index (χ4v) is 2.47. The molecule has 0 aromatic heterocycles. The van der Waals surface area contributed by atoms with Crippen LogP contribution in [-0.4, -0.2) is 29.3 Å². The number of alkyl halides is 4. The van der Waals surface area contributed by atoms with Crippen molar-refractivity contribution in [1.29, 1.82) is 0 Å². The summed E-state index contributed by atoms with van der Waals surface area (Å²) in [5.74, 6) is 0.252. The van der Waals surface area contributed by atoms with Crippen LogP contribution in [0.3, 0.4) is 0 Å². The second kappa shape index (κ2) is 6.69. The average Bonchev–Trinajstić information content (AvgIpc) is 2.39. The highest BCUT2D eigenvalue weighted by Crippen LogP contribution is 2.30. The van der Waals surface area contributed by atoms with Gasteiger partial charge in [-0.3, -0.25) is 4.79 Å². The molecule has 1 saturated carbocycles. The zero-order valence-electron chi connectivity index (χ0n) is 11.5. The van der Waals surface area contributed by atoms with Gasteiger partial charge >= 0.3 is 6.18 Å². The molecule has 21 heavy (non-hydrogen) atoms. The smallest absolute Gasteiger partial charge is 0.336 e. The molecular weight excluding hydrogens is 303 g/mol. The van der Waals surface area contributed by atoms with Crippen molar-refractivity contribution in [3.05, 3.63) is 35.4 Å². The standard InChI is InChI=1S/C15H17ClF3NO/c16-9-2-10-20(13-3-1-4-13)14(21)11-5-7-12(8-6-11)15(17,18)19/h5-8,13H,1-4,9-10H2. The number of carbonyl (C=O) groups excluding carboxylic acids is 1. The number of hydrogen-bond acceptors (Lipinski definition) is 1. The Hall–Kier alpha value is -1.23. The van der Waals surface area contributed by atoms with Crippen LogP contribution >= 0.6 is 11.6 Å². The first-order valence-corrected chi connectivity index (χ1v) is 7.51. The summed E-state index contributed by atoms with van der Waals surface area (Å²) in [4.78, 5) is 14.2. The predicted molar refractivity (Wildman–Crippen MR) is 75.5 cm³/mol. The molecule has 1 aliphatic carbocycles. The Bertz CT molecular complexity index is 483. The van der Waals surface area contributed by atoms with Gasteiger partial charge in [0.05, 0.1) is 5.56 Å². The van der Waals surface area contributed by atoms with E-state index in [9.17, 15) is 18.0 Å². The van der Waals surface area contributed by atoms with Crippen molar-refractivity contribution in [3.63, 3.8) is 0 Å². The lowest BCUT2D eigenvalue weighted by Crippen LogP contribution is -2.44. The highest BCUT2D eigenvalue weighted by Gasteiger charge is 2.32. The average molecular weight is 320 g/mol. The first-order valence-electron chi connectivity index (χ1n) is 6.97. The summed E-state index contributed by atoms with van der Waals surface area (Å²) in [5, 5.41) is 0. The molecule has 116 valence electrons. The van der Waals surface area contributed by atoms with Gasteiger partial charge in [0.15, 0.2) is 0 Å². The highest BCUT2D eigenvalue weighted by atomic mass is 35.5. The zero-order valence-corrected chi connectivity index (χ0v) is 12.3. The molecule has 1 aromatic rings. The number of halogens is 4. The van der Waals surface area contributed by atoms with Crippen molar-refractivity contribution in [2.45, 2.75) is 37.9 Å². The topological polar surface area (TPSA) is 20.3 Å². The van der Waals surface area contributed by atoms with Gasteiger partial charge in [0.2, 0.25) is 0 Å². The van der Waals surface area contributed by atoms with E-state index in [4.69, 9.17) is 11.6 Å². The van der Waals surface area contributed by atoms with Crippen LogP contribution in [0.25, 0.3) is 0 Å². The minimum absolute atomic E-state index is 0.197. The highest BCUT2D eigenvalue weighted by molar-refractivity contribution is 6.17. The van der Waals surface area contributed by atoms with Gasteiger partial charge in [-0.2, -0.15) is 13.2 Å². The fourth-order valence-electron chi connectivity index (χ4n) is 2.35. The van der Waals surface area contributed by atoms with E-state index in [1.54, 1.807) is 4.90 Å². The van der Waals surface area contributed by atoms with Gasteiger partial charge in [0.25, 0.3) is 5.91 Å². The second-order valence-electron chi connectivity index (χ2n) is 5.20. The number of hydrogen-bond donors (Lipinski definition) is 0. The van der Waals surface area contributed by atoms with Gasteiger partial charge in [-0.15, -0.1) is 11.6 Å². The van der Waals surface area contributed by atoms with Crippen LogP contribution in [0.2, 0.25) is 0 Å². The largest absolute Gasteiger partial charge is 0.416 e. The molecule has 0 saturated heterocycles. The summed E-state index contributed by atoms with van der Waals surface area (Å²) in [6.45, 7) is 0.550. The Morgan fingerprint density at radius 3 is 2.29 bits per heavy atom. The van der Waals surface area contributed by atoms with Crippen molar-refractivity contribution in [2.24, 2.45) is 0 Å². The van der Waals surface area contributed by atoms with E-state index in [0.29, 0.717) is 24.4 Å². The maximum atomic E-state index is 12.5. The third kappa shape index (κ3) is 3.90. The monoisotopic (exact) mass is 319 g/mol. The molecule has 6 heteroatoms. The minimum Gasteiger partial charge on any atom is -0.336 e. The van der Waals surface area contributed by atoms with Crippen LogP contribution in [0.15, 0.2) is 24.3 Å². The molecule has 0 spiro atoms.